The van der Waals surface area contributed by atoms with Crippen LogP contribution in [0.3, 0.4) is 0 Å². The molecular formula is C54H44Ag2F6N16O6S2. The van der Waals surface area contributed by atoms with Crippen LogP contribution in [0.1, 0.15) is 46.9 Å². The molecule has 8 heterocycles. The molecule has 0 amide bonds. The molecule has 0 bridgehead atoms. The number of aromatic nitrogens is 16. The van der Waals surface area contributed by atoms with Crippen LogP contribution < -0.4 is 0 Å². The second-order valence-electron chi connectivity index (χ2n) is 17.5. The van der Waals surface area contributed by atoms with Gasteiger partial charge in [-0.25, -0.2) is 54.3 Å². The predicted octanol–water partition coefficient (Wildman–Crippen LogP) is 8.76. The van der Waals surface area contributed by atoms with E-state index < -0.39 is 31.3 Å². The normalized spacial score (nSPS) is 11.7. The maximum absolute atomic E-state index is 10.7. The van der Waals surface area contributed by atoms with E-state index in [4.69, 9.17) is 25.9 Å². The van der Waals surface area contributed by atoms with Gasteiger partial charge in [-0.2, -0.15) is 67.1 Å². The summed E-state index contributed by atoms with van der Waals surface area (Å²) in [7, 11) is -12.2. The molecule has 12 aromatic rings. The Morgan fingerprint density at radius 3 is 0.547 bits per heavy atom. The van der Waals surface area contributed by atoms with E-state index in [0.717, 1.165) is 44.5 Å². The molecule has 452 valence electrons. The molecule has 12 rings (SSSR count). The van der Waals surface area contributed by atoms with E-state index >= 15 is 0 Å². The van der Waals surface area contributed by atoms with Gasteiger partial charge in [0.05, 0.1) is 0 Å². The third kappa shape index (κ3) is 15.3. The van der Waals surface area contributed by atoms with Crippen molar-refractivity contribution in [1.29, 1.82) is 0 Å². The smallest absolute Gasteiger partial charge is 0.741 e. The van der Waals surface area contributed by atoms with Crippen LogP contribution in [0.2, 0.25) is 0 Å². The third-order valence-electron chi connectivity index (χ3n) is 12.3. The zero-order chi connectivity index (χ0) is 59.5. The van der Waals surface area contributed by atoms with E-state index in [0.29, 0.717) is 0 Å². The molecule has 0 unspecified atom stereocenters. The van der Waals surface area contributed by atoms with Crippen LogP contribution in [-0.2, 0) is 65.0 Å². The molecule has 86 heavy (non-hydrogen) atoms. The van der Waals surface area contributed by atoms with Crippen molar-refractivity contribution in [1.82, 2.24) is 78.2 Å². The van der Waals surface area contributed by atoms with E-state index in [1.54, 1.807) is 49.6 Å². The van der Waals surface area contributed by atoms with Crippen LogP contribution in [0.5, 0.6) is 0 Å². The monoisotopic (exact) mass is 1400 g/mol. The molecule has 0 saturated heterocycles. The van der Waals surface area contributed by atoms with Gasteiger partial charge in [0, 0.05) is 121 Å². The van der Waals surface area contributed by atoms with Crippen LogP contribution >= 0.6 is 0 Å². The maximum atomic E-state index is 10.7. The third-order valence-corrected chi connectivity index (χ3v) is 13.4. The molecule has 0 N–H and O–H groups in total. The van der Waals surface area contributed by atoms with Crippen LogP contribution in [0.4, 0.5) is 26.3 Å². The number of halogens is 6. The summed E-state index contributed by atoms with van der Waals surface area (Å²) in [6.45, 7) is 0. The zero-order valence-electron chi connectivity index (χ0n) is 43.7. The van der Waals surface area contributed by atoms with Gasteiger partial charge in [-0.3, -0.25) is 0 Å². The van der Waals surface area contributed by atoms with E-state index in [9.17, 15) is 26.3 Å². The average Bonchev–Trinajstić information content (AvgIpc) is 1.84. The predicted molar refractivity (Wildman–Crippen MR) is 287 cm³/mol. The van der Waals surface area contributed by atoms with Crippen LogP contribution in [0.15, 0.2) is 245 Å². The second kappa shape index (κ2) is 28.6. The number of hydrogen-bond donors (Lipinski definition) is 0. The Kier molecular flexibility index (Phi) is 21.6. The summed E-state index contributed by atoms with van der Waals surface area (Å²) in [6, 6.07) is 49.1. The first-order valence-electron chi connectivity index (χ1n) is 24.6. The van der Waals surface area contributed by atoms with Gasteiger partial charge >= 0.3 is 55.8 Å². The van der Waals surface area contributed by atoms with Crippen LogP contribution in [0.25, 0.3) is 22.3 Å². The van der Waals surface area contributed by atoms with E-state index in [1.807, 2.05) is 136 Å². The molecule has 0 aliphatic rings. The van der Waals surface area contributed by atoms with Crippen molar-refractivity contribution in [2.24, 2.45) is 0 Å². The van der Waals surface area contributed by atoms with Gasteiger partial charge in [-0.15, -0.1) is 0 Å². The Balaban J connectivity index is 0.000000193. The van der Waals surface area contributed by atoms with Crippen LogP contribution in [0, 0.1) is 0 Å². The van der Waals surface area contributed by atoms with Gasteiger partial charge in [-0.05, 0) is 70.8 Å². The van der Waals surface area contributed by atoms with Gasteiger partial charge in [-0.1, -0.05) is 97.1 Å². The molecule has 22 nitrogen and oxygen atoms in total. The van der Waals surface area contributed by atoms with Crippen LogP contribution in [-0.4, -0.2) is 115 Å². The second-order valence-corrected chi connectivity index (χ2v) is 20.3. The Hall–Kier alpha value is -8.56. The molecule has 4 aromatic carbocycles. The minimum atomic E-state index is -6.09. The van der Waals surface area contributed by atoms with Gasteiger partial charge in [0.2, 0.25) is 0 Å². The minimum absolute atomic E-state index is 0. The molecule has 0 saturated carbocycles. The number of benzene rings is 4. The fourth-order valence-corrected chi connectivity index (χ4v) is 8.90. The summed E-state index contributed by atoms with van der Waals surface area (Å²) >= 11 is 0. The Bertz CT molecular complexity index is 3530. The van der Waals surface area contributed by atoms with Crippen molar-refractivity contribution >= 4 is 20.2 Å². The zero-order valence-corrected chi connectivity index (χ0v) is 48.3. The Morgan fingerprint density at radius 2 is 0.430 bits per heavy atom. The summed E-state index contributed by atoms with van der Waals surface area (Å²) in [5.41, 5.74) is -2.57. The SMILES string of the molecule is O=S(=O)([O-])C(F)(F)F.O=S(=O)([O-])C(F)(F)F.[Ag+].[Ag+].c1ccc(C(n2cccn2)n2cccn2)c(-c2ccccc2C(n2cccn2)n2cccn2)c1.c1ccc(C(n2cccn2)n2cccn2)c(-c2ccccc2C(n2cccn2)n2cccn2)c1. The van der Waals surface area contributed by atoms with Crippen molar-refractivity contribution < 1.29 is 97.0 Å². The molecule has 0 aliphatic carbocycles. The molecule has 0 spiro atoms. The summed E-state index contributed by atoms with van der Waals surface area (Å²) in [6.07, 6.45) is 29.1. The molecule has 32 heteroatoms. The Labute approximate surface area is 517 Å². The van der Waals surface area contributed by atoms with Gasteiger partial charge < -0.3 is 9.11 Å². The molecule has 0 radical (unpaired) electrons. The number of nitrogens with zero attached hydrogens (tertiary/aromatic N) is 16. The Morgan fingerprint density at radius 1 is 0.291 bits per heavy atom. The molecule has 8 aromatic heterocycles. The largest absolute Gasteiger partial charge is 1.00 e. The molecule has 0 atom stereocenters. The maximum Gasteiger partial charge on any atom is 1.00 e. The fraction of sp³-hybridized carbons (Fsp3) is 0.111. The van der Waals surface area contributed by atoms with Gasteiger partial charge in [0.15, 0.2) is 44.9 Å². The summed E-state index contributed by atoms with van der Waals surface area (Å²) in [5, 5.41) is 36.4. The average molecular weight is 1410 g/mol. The van der Waals surface area contributed by atoms with Gasteiger partial charge in [0.25, 0.3) is 0 Å². The quantitative estimate of drug-likeness (QED) is 0.0427. The summed E-state index contributed by atoms with van der Waals surface area (Å²) in [4.78, 5) is 0. The first kappa shape index (κ1) is 65.0. The topological polar surface area (TPSA) is 257 Å². The van der Waals surface area contributed by atoms with Crippen molar-refractivity contribution in [2.75, 3.05) is 0 Å². The molecular weight excluding hydrogens is 1360 g/mol. The number of alkyl halides is 6. The first-order chi connectivity index (χ1) is 40.3. The van der Waals surface area contributed by atoms with Crippen molar-refractivity contribution in [2.45, 2.75) is 35.7 Å². The molecule has 0 fully saturated rings. The van der Waals surface area contributed by atoms with Crippen molar-refractivity contribution in [3.63, 3.8) is 0 Å². The summed E-state index contributed by atoms with van der Waals surface area (Å²) < 4.78 is 133. The fourth-order valence-electron chi connectivity index (χ4n) is 8.90. The number of rotatable bonds is 14. The van der Waals surface area contributed by atoms with E-state index in [2.05, 4.69) is 138 Å². The molecule has 0 aliphatic heterocycles. The standard InChI is InChI=1S/2C26H22N8.2CHF3O3S.2Ag/c2*1-3-11-23(25(31-17-5-13-27-31)32-18-6-14-28-32)21(9-1)22-10-2-4-12-24(22)26(33-19-7-15-29-33)34-20-8-16-30-34;2*2-1(3,4)8(5,6)7;;/h2*1-20,25-26H;2*(H,5,6,7);;/q;;;;2*+1/p-2. The van der Waals surface area contributed by atoms with Crippen molar-refractivity contribution in [3.8, 4) is 22.3 Å². The minimum Gasteiger partial charge on any atom is -0.741 e. The van der Waals surface area contributed by atoms with E-state index in [-0.39, 0.29) is 69.4 Å². The summed E-state index contributed by atoms with van der Waals surface area (Å²) in [5.74, 6) is 0. The van der Waals surface area contributed by atoms with E-state index in [1.165, 1.54) is 0 Å². The van der Waals surface area contributed by atoms with Crippen molar-refractivity contribution in [3.05, 3.63) is 267 Å². The first-order valence-corrected chi connectivity index (χ1v) is 27.5. The number of hydrogen-bond acceptors (Lipinski definition) is 14. The van der Waals surface area contributed by atoms with Gasteiger partial charge in [0.1, 0.15) is 0 Å².